The van der Waals surface area contributed by atoms with Crippen molar-refractivity contribution in [2.24, 2.45) is 5.10 Å². The van der Waals surface area contributed by atoms with Crippen LogP contribution in [0.1, 0.15) is 18.1 Å². The van der Waals surface area contributed by atoms with Gasteiger partial charge in [-0.1, -0.05) is 18.7 Å². The number of nitrogens with zero attached hydrogens (tertiary/aromatic N) is 3. The Morgan fingerprint density at radius 1 is 1.31 bits per heavy atom. The number of hydrogen-bond acceptors (Lipinski definition) is 5. The van der Waals surface area contributed by atoms with Crippen LogP contribution in [0.25, 0.3) is 0 Å². The number of rotatable bonds is 9. The molecule has 6 nitrogen and oxygen atoms in total. The maximum atomic E-state index is 13.6. The van der Waals surface area contributed by atoms with Crippen molar-refractivity contribution in [1.82, 2.24) is 10.3 Å². The largest absolute Gasteiger partial charge is 0.321 e. The Hall–Kier alpha value is -3.79. The van der Waals surface area contributed by atoms with Crippen molar-refractivity contribution in [2.75, 3.05) is 14.1 Å². The second kappa shape index (κ2) is 11.8. The molecule has 0 atom stereocenters. The summed E-state index contributed by atoms with van der Waals surface area (Å²) in [6, 6.07) is 6.11. The highest BCUT2D eigenvalue weighted by atomic mass is 19.1. The molecule has 0 aliphatic rings. The van der Waals surface area contributed by atoms with Crippen molar-refractivity contribution in [3.05, 3.63) is 83.4 Å². The molecule has 29 heavy (non-hydrogen) atoms. The molecule has 1 amide bonds. The number of benzene rings is 1. The third kappa shape index (κ3) is 8.63. The number of aldehydes is 1. The topological polar surface area (TPSA) is 85.6 Å². The Balaban J connectivity index is 2.84. The third-order valence-corrected chi connectivity index (χ3v) is 3.51. The minimum atomic E-state index is -0.516. The summed E-state index contributed by atoms with van der Waals surface area (Å²) in [7, 11) is 3.30. The summed E-state index contributed by atoms with van der Waals surface area (Å²) >= 11 is 0. The van der Waals surface area contributed by atoms with Crippen LogP contribution in [-0.4, -0.2) is 37.0 Å². The molecule has 0 radical (unpaired) electrons. The standard InChI is InChI=1S/C22H23FN4O2/c1-5-17(11-18-12-19(15-24)14-20(23)13-18)9-8-16(2)25-22(29)21(7-6-10-28)26-27(3)4/h5-10,12-14H,2,11H2,1,3-4H3,(H,25,29)/b7-6-,9-8-,17-5+,26-21+. The molecule has 0 heterocycles. The molecule has 0 fully saturated rings. The third-order valence-electron chi connectivity index (χ3n) is 3.51. The molecule has 1 aromatic rings. The Morgan fingerprint density at radius 3 is 2.62 bits per heavy atom. The predicted molar refractivity (Wildman–Crippen MR) is 111 cm³/mol. The van der Waals surface area contributed by atoms with E-state index in [9.17, 15) is 14.0 Å². The van der Waals surface area contributed by atoms with Crippen molar-refractivity contribution in [3.63, 3.8) is 0 Å². The molecule has 0 unspecified atom stereocenters. The molecule has 0 aliphatic heterocycles. The first-order chi connectivity index (χ1) is 13.8. The van der Waals surface area contributed by atoms with E-state index in [0.717, 1.165) is 5.57 Å². The van der Waals surface area contributed by atoms with E-state index in [0.29, 0.717) is 24.0 Å². The lowest BCUT2D eigenvalue weighted by molar-refractivity contribution is -0.114. The van der Waals surface area contributed by atoms with Gasteiger partial charge in [0.25, 0.3) is 5.91 Å². The smallest absolute Gasteiger partial charge is 0.276 e. The zero-order valence-electron chi connectivity index (χ0n) is 16.6. The van der Waals surface area contributed by atoms with Gasteiger partial charge in [0.05, 0.1) is 11.6 Å². The van der Waals surface area contributed by atoms with Gasteiger partial charge in [-0.15, -0.1) is 0 Å². The van der Waals surface area contributed by atoms with Crippen LogP contribution in [0.5, 0.6) is 0 Å². The summed E-state index contributed by atoms with van der Waals surface area (Å²) in [4.78, 5) is 22.8. The van der Waals surface area contributed by atoms with Crippen molar-refractivity contribution >= 4 is 17.9 Å². The number of carbonyl (C=O) groups is 2. The van der Waals surface area contributed by atoms with E-state index in [1.165, 1.54) is 29.3 Å². The Bertz CT molecular complexity index is 935. The van der Waals surface area contributed by atoms with E-state index in [1.807, 2.05) is 19.1 Å². The van der Waals surface area contributed by atoms with Crippen molar-refractivity contribution in [2.45, 2.75) is 13.3 Å². The van der Waals surface area contributed by atoms with Crippen molar-refractivity contribution < 1.29 is 14.0 Å². The maximum Gasteiger partial charge on any atom is 0.276 e. The zero-order chi connectivity index (χ0) is 21.8. The molecule has 1 N–H and O–H groups in total. The fourth-order valence-corrected chi connectivity index (χ4v) is 2.27. The Labute approximate surface area is 170 Å². The fourth-order valence-electron chi connectivity index (χ4n) is 2.27. The lowest BCUT2D eigenvalue weighted by atomic mass is 10.0. The molecular formula is C22H23FN4O2. The van der Waals surface area contributed by atoms with E-state index in [-0.39, 0.29) is 11.3 Å². The maximum absolute atomic E-state index is 13.6. The lowest BCUT2D eigenvalue weighted by Gasteiger charge is -2.09. The van der Waals surface area contributed by atoms with Gasteiger partial charge in [-0.25, -0.2) is 4.39 Å². The minimum absolute atomic E-state index is 0.0479. The van der Waals surface area contributed by atoms with Gasteiger partial charge in [0.1, 0.15) is 17.8 Å². The highest BCUT2D eigenvalue weighted by Crippen LogP contribution is 2.14. The molecule has 7 heteroatoms. The van der Waals surface area contributed by atoms with Gasteiger partial charge in [0.15, 0.2) is 0 Å². The van der Waals surface area contributed by atoms with Crippen LogP contribution >= 0.6 is 0 Å². The second-order valence-electron chi connectivity index (χ2n) is 6.14. The molecule has 0 aromatic heterocycles. The van der Waals surface area contributed by atoms with Gasteiger partial charge in [-0.2, -0.15) is 10.4 Å². The number of allylic oxidation sites excluding steroid dienone is 5. The van der Waals surface area contributed by atoms with Crippen LogP contribution in [0, 0.1) is 17.1 Å². The second-order valence-corrected chi connectivity index (χ2v) is 6.14. The molecule has 1 rings (SSSR count). The molecule has 1 aromatic carbocycles. The van der Waals surface area contributed by atoms with E-state index >= 15 is 0 Å². The zero-order valence-corrected chi connectivity index (χ0v) is 16.6. The number of hydrogen-bond donors (Lipinski definition) is 1. The summed E-state index contributed by atoms with van der Waals surface area (Å²) in [5.41, 5.74) is 2.13. The van der Waals surface area contributed by atoms with Gasteiger partial charge >= 0.3 is 0 Å². The van der Waals surface area contributed by atoms with Gasteiger partial charge in [-0.05, 0) is 60.9 Å². The average Bonchev–Trinajstić information content (AvgIpc) is 2.67. The van der Waals surface area contributed by atoms with Crippen LogP contribution in [0.3, 0.4) is 0 Å². The van der Waals surface area contributed by atoms with Crippen LogP contribution in [0.4, 0.5) is 4.39 Å². The molecule has 0 spiro atoms. The summed E-state index contributed by atoms with van der Waals surface area (Å²) in [5.74, 6) is -0.983. The number of halogens is 1. The summed E-state index contributed by atoms with van der Waals surface area (Å²) in [6.07, 6.45) is 8.62. The predicted octanol–water partition coefficient (Wildman–Crippen LogP) is 3.04. The summed E-state index contributed by atoms with van der Waals surface area (Å²) in [6.45, 7) is 5.61. The molecule has 150 valence electrons. The molecular weight excluding hydrogens is 371 g/mol. The highest BCUT2D eigenvalue weighted by Gasteiger charge is 2.09. The Morgan fingerprint density at radius 2 is 2.03 bits per heavy atom. The minimum Gasteiger partial charge on any atom is -0.321 e. The summed E-state index contributed by atoms with van der Waals surface area (Å²) in [5, 5.41) is 17.0. The summed E-state index contributed by atoms with van der Waals surface area (Å²) < 4.78 is 13.6. The van der Waals surface area contributed by atoms with E-state index in [4.69, 9.17) is 5.26 Å². The van der Waals surface area contributed by atoms with Gasteiger partial charge in [0, 0.05) is 19.8 Å². The van der Waals surface area contributed by atoms with E-state index < -0.39 is 11.7 Å². The first-order valence-electron chi connectivity index (χ1n) is 8.70. The van der Waals surface area contributed by atoms with Crippen LogP contribution < -0.4 is 5.32 Å². The quantitative estimate of drug-likeness (QED) is 0.229. The van der Waals surface area contributed by atoms with Gasteiger partial charge in [0.2, 0.25) is 0 Å². The SMILES string of the molecule is C=C(/C=C\C(=C/C)Cc1cc(F)cc(C#N)c1)NC(=O)C(/C=C\C=O)=N/N(C)C. The number of carbonyl (C=O) groups excluding carboxylic acids is 2. The number of nitrogens with one attached hydrogen (secondary N) is 1. The van der Waals surface area contributed by atoms with E-state index in [2.05, 4.69) is 17.0 Å². The first kappa shape index (κ1) is 23.2. The average molecular weight is 394 g/mol. The number of hydrazone groups is 1. The van der Waals surface area contributed by atoms with Crippen molar-refractivity contribution in [3.8, 4) is 6.07 Å². The normalized spacial score (nSPS) is 12.1. The van der Waals surface area contributed by atoms with Crippen LogP contribution in [-0.2, 0) is 16.0 Å². The van der Waals surface area contributed by atoms with Crippen LogP contribution in [0.2, 0.25) is 0 Å². The van der Waals surface area contributed by atoms with Gasteiger partial charge in [-0.3, -0.25) is 9.59 Å². The Kier molecular flexibility index (Phi) is 9.48. The molecule has 0 aliphatic carbocycles. The van der Waals surface area contributed by atoms with Crippen LogP contribution in [0.15, 0.2) is 71.5 Å². The van der Waals surface area contributed by atoms with Crippen molar-refractivity contribution in [1.29, 1.82) is 5.26 Å². The first-order valence-corrected chi connectivity index (χ1v) is 8.70. The fraction of sp³-hybridized carbons (Fsp3) is 0.182. The molecule has 0 bridgehead atoms. The van der Waals surface area contributed by atoms with E-state index in [1.54, 1.807) is 32.3 Å². The molecule has 0 saturated carbocycles. The molecule has 0 saturated heterocycles. The highest BCUT2D eigenvalue weighted by molar-refractivity contribution is 6.43. The number of amides is 1. The lowest BCUT2D eigenvalue weighted by Crippen LogP contribution is -2.30. The monoisotopic (exact) mass is 394 g/mol. The number of nitriles is 1. The van der Waals surface area contributed by atoms with Gasteiger partial charge < -0.3 is 10.3 Å².